The lowest BCUT2D eigenvalue weighted by molar-refractivity contribution is 0.472. The van der Waals surface area contributed by atoms with Gasteiger partial charge in [-0.15, -0.1) is 11.8 Å². The number of thioether (sulfide) groups is 1. The van der Waals surface area contributed by atoms with Crippen molar-refractivity contribution in [2.45, 2.75) is 23.0 Å². The highest BCUT2D eigenvalue weighted by Gasteiger charge is 2.30. The second-order valence-corrected chi connectivity index (χ2v) is 11.0. The van der Waals surface area contributed by atoms with Gasteiger partial charge in [0.1, 0.15) is 10.2 Å². The number of nitrogens with two attached hydrogens (primary N) is 1. The largest absolute Gasteiger partial charge is 0.323 e. The summed E-state index contributed by atoms with van der Waals surface area (Å²) in [6, 6.07) is -0.187. The van der Waals surface area contributed by atoms with E-state index in [1.807, 2.05) is 24.3 Å². The van der Waals surface area contributed by atoms with Crippen molar-refractivity contribution in [3.8, 4) is 0 Å². The van der Waals surface area contributed by atoms with E-state index in [0.29, 0.717) is 5.71 Å². The van der Waals surface area contributed by atoms with Crippen LogP contribution in [-0.4, -0.2) is 48.2 Å². The third kappa shape index (κ3) is 5.36. The minimum Gasteiger partial charge on any atom is -0.323 e. The minimum absolute atomic E-state index is 0.0279. The Balaban J connectivity index is 1.97. The average Bonchev–Trinajstić information content (AvgIpc) is 2.64. The normalized spacial score (nSPS) is 28.4. The maximum atomic E-state index is 11.7. The first-order valence-corrected chi connectivity index (χ1v) is 12.6. The van der Waals surface area contributed by atoms with Gasteiger partial charge in [0, 0.05) is 22.6 Å². The van der Waals surface area contributed by atoms with Crippen molar-refractivity contribution >= 4 is 37.7 Å². The second kappa shape index (κ2) is 8.61. The molecule has 0 saturated carbocycles. The summed E-state index contributed by atoms with van der Waals surface area (Å²) in [7, 11) is -9.10. The summed E-state index contributed by atoms with van der Waals surface area (Å²) in [5.41, 5.74) is 6.98. The van der Waals surface area contributed by atoms with Gasteiger partial charge in [-0.2, -0.15) is 16.8 Å². The highest BCUT2D eigenvalue weighted by molar-refractivity contribution is 8.04. The molecule has 0 bridgehead atoms. The van der Waals surface area contributed by atoms with Crippen molar-refractivity contribution in [3.05, 3.63) is 82.3 Å². The van der Waals surface area contributed by atoms with Gasteiger partial charge in [-0.25, -0.2) is 0 Å². The molecule has 0 saturated heterocycles. The molecule has 0 heterocycles. The molecule has 0 amide bonds. The van der Waals surface area contributed by atoms with Gasteiger partial charge in [0.15, 0.2) is 0 Å². The zero-order valence-corrected chi connectivity index (χ0v) is 18.1. The van der Waals surface area contributed by atoms with Crippen molar-refractivity contribution in [3.63, 3.8) is 0 Å². The molecule has 3 atom stereocenters. The van der Waals surface area contributed by atoms with Crippen molar-refractivity contribution in [2.24, 2.45) is 10.7 Å². The van der Waals surface area contributed by atoms with Crippen molar-refractivity contribution in [1.82, 2.24) is 0 Å². The smallest absolute Gasteiger partial charge is 0.296 e. The Morgan fingerprint density at radius 3 is 2.40 bits per heavy atom. The van der Waals surface area contributed by atoms with Gasteiger partial charge in [0.05, 0.1) is 11.4 Å². The number of rotatable bonds is 5. The molecule has 0 aromatic rings. The monoisotopic (exact) mass is 468 g/mol. The Morgan fingerprint density at radius 2 is 1.77 bits per heavy atom. The van der Waals surface area contributed by atoms with Crippen LogP contribution in [0.15, 0.2) is 87.3 Å². The van der Waals surface area contributed by atoms with E-state index < -0.39 is 36.8 Å². The number of hydrogen-bond donors (Lipinski definition) is 3. The quantitative estimate of drug-likeness (QED) is 0.521. The summed E-state index contributed by atoms with van der Waals surface area (Å²) in [5.74, 6) is 0. The van der Waals surface area contributed by atoms with E-state index in [1.165, 1.54) is 11.8 Å². The van der Waals surface area contributed by atoms with E-state index in [9.17, 15) is 25.9 Å². The molecule has 0 fully saturated rings. The highest BCUT2D eigenvalue weighted by atomic mass is 32.2. The maximum absolute atomic E-state index is 11.7. The summed E-state index contributed by atoms with van der Waals surface area (Å²) in [6.07, 6.45) is 14.1. The summed E-state index contributed by atoms with van der Waals surface area (Å²) >= 11 is 1.47. The maximum Gasteiger partial charge on any atom is 0.296 e. The lowest BCUT2D eigenvalue weighted by Gasteiger charge is -2.23. The summed E-state index contributed by atoms with van der Waals surface area (Å²) in [5, 5.41) is -1.39. The Kier molecular flexibility index (Phi) is 6.51. The Labute approximate surface area is 179 Å². The van der Waals surface area contributed by atoms with Gasteiger partial charge in [-0.05, 0) is 23.8 Å². The third-order valence-corrected chi connectivity index (χ3v) is 7.90. The molecule has 0 aromatic heterocycles. The van der Waals surface area contributed by atoms with Crippen LogP contribution in [0.25, 0.3) is 0 Å². The van der Waals surface area contributed by atoms with Crippen LogP contribution in [0.3, 0.4) is 0 Å². The number of hydrogen-bond acceptors (Lipinski definition) is 7. The average molecular weight is 469 g/mol. The van der Waals surface area contributed by atoms with Crippen molar-refractivity contribution in [1.29, 1.82) is 0 Å². The van der Waals surface area contributed by atoms with E-state index >= 15 is 0 Å². The molecular weight excluding hydrogens is 448 g/mol. The predicted molar refractivity (Wildman–Crippen MR) is 119 cm³/mol. The predicted octanol–water partition coefficient (Wildman–Crippen LogP) is 2.31. The lowest BCUT2D eigenvalue weighted by atomic mass is 10.1. The molecule has 0 radical (unpaired) electrons. The minimum atomic E-state index is -4.64. The topological polar surface area (TPSA) is 147 Å². The van der Waals surface area contributed by atoms with Crippen LogP contribution in [0, 0.1) is 0 Å². The summed E-state index contributed by atoms with van der Waals surface area (Å²) in [6.45, 7) is 3.98. The molecule has 3 rings (SSSR count). The Bertz CT molecular complexity index is 1180. The van der Waals surface area contributed by atoms with Crippen molar-refractivity contribution < 1.29 is 25.9 Å². The first-order valence-electron chi connectivity index (χ1n) is 8.75. The van der Waals surface area contributed by atoms with Crippen LogP contribution in [0.4, 0.5) is 0 Å². The number of nitrogens with zero attached hydrogens (tertiary/aromatic N) is 1. The van der Waals surface area contributed by atoms with Gasteiger partial charge >= 0.3 is 0 Å². The zero-order valence-electron chi connectivity index (χ0n) is 15.6. The molecule has 4 N–H and O–H groups in total. The van der Waals surface area contributed by atoms with Gasteiger partial charge < -0.3 is 5.73 Å². The fourth-order valence-electron chi connectivity index (χ4n) is 2.94. The van der Waals surface area contributed by atoms with E-state index in [-0.39, 0.29) is 17.0 Å². The number of aliphatic imine (C=N–C) groups is 1. The first kappa shape index (κ1) is 22.7. The van der Waals surface area contributed by atoms with Crippen LogP contribution in [-0.2, 0) is 20.2 Å². The van der Waals surface area contributed by atoms with Gasteiger partial charge in [0.2, 0.25) is 0 Å². The van der Waals surface area contributed by atoms with Crippen LogP contribution < -0.4 is 5.73 Å². The summed E-state index contributed by atoms with van der Waals surface area (Å²) < 4.78 is 65.1. The molecule has 160 valence electrons. The van der Waals surface area contributed by atoms with E-state index in [2.05, 4.69) is 11.6 Å². The second-order valence-electron chi connectivity index (χ2n) is 6.74. The molecule has 11 heteroatoms. The standard InChI is InChI=1S/C19H20N2O6S3/c1-12-6-7-13(10-18(12)28-17-5-3-2-4-15(17)20)21-16-11-14(29(22,23)24)8-9-19(16)30(25,26)27/h2-10,14-15,17H,1,11,20H2,(H,22,23,24)(H,25,26,27). The third-order valence-electron chi connectivity index (χ3n) is 4.50. The molecule has 3 aliphatic rings. The molecule has 30 heavy (non-hydrogen) atoms. The molecule has 0 aromatic carbocycles. The van der Waals surface area contributed by atoms with Crippen LogP contribution in [0.2, 0.25) is 0 Å². The molecule has 0 spiro atoms. The highest BCUT2D eigenvalue weighted by Crippen LogP contribution is 2.34. The molecular formula is C19H20N2O6S3. The Hall–Kier alpha value is -2.02. The van der Waals surface area contributed by atoms with Crippen LogP contribution in [0.5, 0.6) is 0 Å². The fourth-order valence-corrected chi connectivity index (χ4v) is 5.38. The molecule has 3 aliphatic carbocycles. The SMILES string of the molecule is C=C1C=CC(=NC2=C(S(=O)(=O)O)C=CC(S(=O)(=O)O)C2)C=C1SC1C=CC=CC1N. The zero-order chi connectivity index (χ0) is 22.1. The molecule has 8 nitrogen and oxygen atoms in total. The summed E-state index contributed by atoms with van der Waals surface area (Å²) in [4.78, 5) is 4.50. The first-order chi connectivity index (χ1) is 13.9. The van der Waals surface area contributed by atoms with E-state index in [0.717, 1.165) is 22.6 Å². The van der Waals surface area contributed by atoms with Gasteiger partial charge in [-0.1, -0.05) is 43.0 Å². The molecule has 0 aliphatic heterocycles. The van der Waals surface area contributed by atoms with E-state index in [1.54, 1.807) is 18.2 Å². The van der Waals surface area contributed by atoms with Gasteiger partial charge in [-0.3, -0.25) is 14.1 Å². The van der Waals surface area contributed by atoms with Crippen LogP contribution in [0.1, 0.15) is 6.42 Å². The lowest BCUT2D eigenvalue weighted by Crippen LogP contribution is -2.30. The molecule has 3 unspecified atom stereocenters. The van der Waals surface area contributed by atoms with Gasteiger partial charge in [0.25, 0.3) is 20.2 Å². The number of allylic oxidation sites excluding steroid dienone is 8. The fraction of sp³-hybridized carbons (Fsp3) is 0.211. The van der Waals surface area contributed by atoms with Crippen LogP contribution >= 0.6 is 11.8 Å². The van der Waals surface area contributed by atoms with Crippen molar-refractivity contribution in [2.75, 3.05) is 0 Å². The van der Waals surface area contributed by atoms with E-state index in [4.69, 9.17) is 5.73 Å². The Morgan fingerprint density at radius 1 is 1.07 bits per heavy atom.